The first-order valence-corrected chi connectivity index (χ1v) is 12.9. The van der Waals surface area contributed by atoms with Crippen LogP contribution in [0.25, 0.3) is 10.9 Å². The summed E-state index contributed by atoms with van der Waals surface area (Å²) in [5, 5.41) is 18.0. The number of carboxylic acid groups (broad SMARTS) is 1. The average Bonchev–Trinajstić information content (AvgIpc) is 3.27. The molecule has 13 heteroatoms. The van der Waals surface area contributed by atoms with Crippen LogP contribution in [-0.4, -0.2) is 69.6 Å². The highest BCUT2D eigenvalue weighted by atomic mass is 32.1. The van der Waals surface area contributed by atoms with Crippen molar-refractivity contribution in [2.24, 2.45) is 17.4 Å². The number of nitrogens with one attached hydrogen (secondary N) is 4. The van der Waals surface area contributed by atoms with Gasteiger partial charge in [0.05, 0.1) is 6.04 Å². The Morgan fingerprint density at radius 3 is 2.18 bits per heavy atom. The Balaban J connectivity index is 2.34. The lowest BCUT2D eigenvalue weighted by Gasteiger charge is -2.25. The first-order valence-electron chi connectivity index (χ1n) is 12.3. The molecule has 2 rings (SSSR count). The molecule has 208 valence electrons. The van der Waals surface area contributed by atoms with E-state index in [1.165, 1.54) is 0 Å². The van der Waals surface area contributed by atoms with Gasteiger partial charge in [0.1, 0.15) is 18.1 Å². The van der Waals surface area contributed by atoms with E-state index in [9.17, 15) is 29.1 Å². The highest BCUT2D eigenvalue weighted by molar-refractivity contribution is 7.80. The number of rotatable bonds is 15. The predicted octanol–water partition coefficient (Wildman–Crippen LogP) is -0.182. The summed E-state index contributed by atoms with van der Waals surface area (Å²) in [6.07, 6.45) is 1.59. The van der Waals surface area contributed by atoms with Gasteiger partial charge in [0.2, 0.25) is 23.6 Å². The molecule has 2 aromatic rings. The number of nitrogens with two attached hydrogens (primary N) is 2. The number of carbonyl (C=O) groups is 5. The third kappa shape index (κ3) is 9.06. The van der Waals surface area contributed by atoms with Gasteiger partial charge in [-0.3, -0.25) is 19.2 Å². The van der Waals surface area contributed by atoms with Crippen molar-refractivity contribution in [2.75, 3.05) is 5.75 Å². The minimum Gasteiger partial charge on any atom is -0.480 e. The average molecular weight is 549 g/mol. The molecule has 0 fully saturated rings. The van der Waals surface area contributed by atoms with Crippen LogP contribution in [0.5, 0.6) is 0 Å². The second-order valence-electron chi connectivity index (χ2n) is 9.51. The van der Waals surface area contributed by atoms with Gasteiger partial charge in [-0.2, -0.15) is 12.6 Å². The standard InChI is InChI=1S/C25H36N6O6S/c1-13(2)9-20(25(36)37)31-24(35)19(10-14-11-28-17-6-4-3-5-15(14)17)30-23(34)18(7-8-21(27)32)29-22(33)16(26)12-38/h3-6,11,13,16,18-20,28,38H,7-10,12,26H2,1-2H3,(H2,27,32)(H,29,33)(H,30,34)(H,31,35)(H,36,37). The first kappa shape index (κ1) is 30.6. The van der Waals surface area contributed by atoms with Crippen molar-refractivity contribution in [3.8, 4) is 0 Å². The summed E-state index contributed by atoms with van der Waals surface area (Å²) in [6, 6.07) is 2.81. The highest BCUT2D eigenvalue weighted by Crippen LogP contribution is 2.19. The Morgan fingerprint density at radius 2 is 1.58 bits per heavy atom. The zero-order chi connectivity index (χ0) is 28.4. The van der Waals surface area contributed by atoms with E-state index >= 15 is 0 Å². The summed E-state index contributed by atoms with van der Waals surface area (Å²) >= 11 is 3.98. The van der Waals surface area contributed by atoms with Gasteiger partial charge in [-0.1, -0.05) is 32.0 Å². The van der Waals surface area contributed by atoms with E-state index in [0.29, 0.717) is 5.56 Å². The van der Waals surface area contributed by atoms with Crippen LogP contribution in [0.2, 0.25) is 0 Å². The zero-order valence-corrected chi connectivity index (χ0v) is 22.3. The molecule has 0 saturated heterocycles. The minimum atomic E-state index is -1.22. The van der Waals surface area contributed by atoms with E-state index in [0.717, 1.165) is 10.9 Å². The van der Waals surface area contributed by atoms with Gasteiger partial charge in [0.15, 0.2) is 0 Å². The van der Waals surface area contributed by atoms with Crippen LogP contribution in [0.15, 0.2) is 30.5 Å². The molecule has 0 spiro atoms. The number of H-pyrrole nitrogens is 1. The predicted molar refractivity (Wildman–Crippen MR) is 145 cm³/mol. The molecule has 1 aromatic heterocycles. The number of carboxylic acids is 1. The van der Waals surface area contributed by atoms with Crippen LogP contribution in [0.4, 0.5) is 0 Å². The summed E-state index contributed by atoms with van der Waals surface area (Å²) in [7, 11) is 0. The molecule has 12 nitrogen and oxygen atoms in total. The largest absolute Gasteiger partial charge is 0.480 e. The topological polar surface area (TPSA) is 210 Å². The van der Waals surface area contributed by atoms with E-state index in [1.807, 2.05) is 38.1 Å². The van der Waals surface area contributed by atoms with E-state index in [2.05, 4.69) is 33.6 Å². The lowest BCUT2D eigenvalue weighted by atomic mass is 10.0. The SMILES string of the molecule is CC(C)CC(NC(=O)C(Cc1c[nH]c2ccccc12)NC(=O)C(CCC(N)=O)NC(=O)C(N)CS)C(=O)O. The smallest absolute Gasteiger partial charge is 0.326 e. The van der Waals surface area contributed by atoms with Crippen molar-refractivity contribution in [1.82, 2.24) is 20.9 Å². The Kier molecular flexibility index (Phi) is 11.6. The van der Waals surface area contributed by atoms with Crippen molar-refractivity contribution in [1.29, 1.82) is 0 Å². The number of aliphatic carboxylic acids is 1. The zero-order valence-electron chi connectivity index (χ0n) is 21.4. The van der Waals surface area contributed by atoms with Crippen LogP contribution in [0, 0.1) is 5.92 Å². The monoisotopic (exact) mass is 548 g/mol. The molecule has 9 N–H and O–H groups in total. The number of primary amides is 1. The molecule has 0 aliphatic rings. The maximum Gasteiger partial charge on any atom is 0.326 e. The summed E-state index contributed by atoms with van der Waals surface area (Å²) in [5.41, 5.74) is 12.5. The summed E-state index contributed by atoms with van der Waals surface area (Å²) < 4.78 is 0. The normalized spacial score (nSPS) is 14.3. The number of thiol groups is 1. The molecule has 4 unspecified atom stereocenters. The molecule has 0 aliphatic heterocycles. The summed E-state index contributed by atoms with van der Waals surface area (Å²) in [5.74, 6) is -3.98. The number of amides is 4. The minimum absolute atomic E-state index is 0.0116. The number of para-hydroxylation sites is 1. The van der Waals surface area contributed by atoms with Crippen LogP contribution in [-0.2, 0) is 30.4 Å². The molecular weight excluding hydrogens is 512 g/mol. The van der Waals surface area contributed by atoms with E-state index < -0.39 is 53.8 Å². The van der Waals surface area contributed by atoms with Crippen LogP contribution >= 0.6 is 12.6 Å². The number of aromatic nitrogens is 1. The number of benzene rings is 1. The second kappa shape index (κ2) is 14.4. The fourth-order valence-electron chi connectivity index (χ4n) is 3.88. The van der Waals surface area contributed by atoms with Gasteiger partial charge in [0.25, 0.3) is 0 Å². The van der Waals surface area contributed by atoms with E-state index in [4.69, 9.17) is 11.5 Å². The maximum atomic E-state index is 13.3. The van der Waals surface area contributed by atoms with Gasteiger partial charge >= 0.3 is 5.97 Å². The third-order valence-corrected chi connectivity index (χ3v) is 6.29. The Labute approximate surface area is 226 Å². The number of fused-ring (bicyclic) bond motifs is 1. The fraction of sp³-hybridized carbons (Fsp3) is 0.480. The van der Waals surface area contributed by atoms with E-state index in [-0.39, 0.29) is 37.4 Å². The number of hydrogen-bond donors (Lipinski definition) is 8. The van der Waals surface area contributed by atoms with Crippen LogP contribution < -0.4 is 27.4 Å². The fourth-order valence-corrected chi connectivity index (χ4v) is 4.05. The lowest BCUT2D eigenvalue weighted by molar-refractivity contribution is -0.142. The molecule has 4 amide bonds. The molecule has 0 saturated carbocycles. The molecule has 1 heterocycles. The first-order chi connectivity index (χ1) is 17.9. The van der Waals surface area contributed by atoms with E-state index in [1.54, 1.807) is 6.20 Å². The number of hydrogen-bond acceptors (Lipinski definition) is 7. The molecule has 0 aliphatic carbocycles. The molecule has 38 heavy (non-hydrogen) atoms. The van der Waals surface area contributed by atoms with Crippen LogP contribution in [0.1, 0.15) is 38.7 Å². The van der Waals surface area contributed by atoms with Gasteiger partial charge in [-0.05, 0) is 30.4 Å². The van der Waals surface area contributed by atoms with Gasteiger partial charge < -0.3 is 37.5 Å². The van der Waals surface area contributed by atoms with Crippen molar-refractivity contribution < 1.29 is 29.1 Å². The lowest BCUT2D eigenvalue weighted by Crippen LogP contribution is -2.58. The summed E-state index contributed by atoms with van der Waals surface area (Å²) in [4.78, 5) is 65.2. The molecule has 0 radical (unpaired) electrons. The van der Waals surface area contributed by atoms with Crippen molar-refractivity contribution in [3.05, 3.63) is 36.0 Å². The maximum absolute atomic E-state index is 13.3. The molecule has 4 atom stereocenters. The molecular formula is C25H36N6O6S. The van der Waals surface area contributed by atoms with Crippen molar-refractivity contribution >= 4 is 53.1 Å². The second-order valence-corrected chi connectivity index (χ2v) is 9.87. The Morgan fingerprint density at radius 1 is 0.974 bits per heavy atom. The third-order valence-electron chi connectivity index (χ3n) is 5.90. The van der Waals surface area contributed by atoms with Crippen molar-refractivity contribution in [3.63, 3.8) is 0 Å². The van der Waals surface area contributed by atoms with Gasteiger partial charge in [-0.25, -0.2) is 4.79 Å². The van der Waals surface area contributed by atoms with Gasteiger partial charge in [0, 0.05) is 35.7 Å². The number of carbonyl (C=O) groups excluding carboxylic acids is 4. The quantitative estimate of drug-likeness (QED) is 0.141. The highest BCUT2D eigenvalue weighted by Gasteiger charge is 2.31. The Hall–Kier alpha value is -3.58. The molecule has 1 aromatic carbocycles. The van der Waals surface area contributed by atoms with Gasteiger partial charge in [-0.15, -0.1) is 0 Å². The number of aromatic amines is 1. The van der Waals surface area contributed by atoms with Crippen LogP contribution in [0.3, 0.4) is 0 Å². The summed E-state index contributed by atoms with van der Waals surface area (Å²) in [6.45, 7) is 3.66. The van der Waals surface area contributed by atoms with Crippen molar-refractivity contribution in [2.45, 2.75) is 63.7 Å². The Bertz CT molecular complexity index is 1150. The molecule has 0 bridgehead atoms.